The largest absolute Gasteiger partial charge is 0.497 e. The number of aliphatic imine (C=N–C) groups is 1. The van der Waals surface area contributed by atoms with Crippen molar-refractivity contribution in [3.8, 4) is 5.75 Å². The molecule has 0 saturated carbocycles. The minimum absolute atomic E-state index is 0.154. The number of ether oxygens (including phenoxy) is 1. The molecule has 1 aromatic heterocycles. The van der Waals surface area contributed by atoms with E-state index in [-0.39, 0.29) is 23.4 Å². The predicted octanol–water partition coefficient (Wildman–Crippen LogP) is 1.85. The molecule has 2 unspecified atom stereocenters. The van der Waals surface area contributed by atoms with Crippen molar-refractivity contribution < 1.29 is 13.2 Å². The van der Waals surface area contributed by atoms with Gasteiger partial charge in [0, 0.05) is 18.7 Å². The molecule has 2 atom stereocenters. The number of H-pyrrole nitrogens is 1. The number of rotatable bonds is 4. The molecule has 0 radical (unpaired) electrons. The fourth-order valence-electron chi connectivity index (χ4n) is 4.52. The Morgan fingerprint density at radius 2 is 2.00 bits per heavy atom. The highest BCUT2D eigenvalue weighted by molar-refractivity contribution is 7.92. The Hall–Kier alpha value is -3.57. The maximum atomic E-state index is 13.7. The number of benzene rings is 2. The van der Waals surface area contributed by atoms with Crippen molar-refractivity contribution in [3.05, 3.63) is 65.9 Å². The van der Waals surface area contributed by atoms with Crippen LogP contribution >= 0.6 is 0 Å². The molecule has 3 aromatic rings. The van der Waals surface area contributed by atoms with Gasteiger partial charge in [0.15, 0.2) is 11.8 Å². The van der Waals surface area contributed by atoms with Crippen LogP contribution < -0.4 is 20.5 Å². The van der Waals surface area contributed by atoms with Crippen LogP contribution in [0.3, 0.4) is 0 Å². The van der Waals surface area contributed by atoms with Gasteiger partial charge in [-0.05, 0) is 36.6 Å². The third-order valence-corrected chi connectivity index (χ3v) is 7.97. The molecule has 10 nitrogen and oxygen atoms in total. The number of methoxy groups -OCH3 is 1. The maximum absolute atomic E-state index is 13.7. The van der Waals surface area contributed by atoms with E-state index in [0.717, 1.165) is 11.1 Å². The van der Waals surface area contributed by atoms with E-state index in [1.807, 2.05) is 29.2 Å². The van der Waals surface area contributed by atoms with Gasteiger partial charge in [-0.25, -0.2) is 8.42 Å². The van der Waals surface area contributed by atoms with Gasteiger partial charge in [-0.3, -0.25) is 9.40 Å². The maximum Gasteiger partial charge on any atom is 0.264 e. The highest BCUT2D eigenvalue weighted by Gasteiger charge is 2.37. The van der Waals surface area contributed by atoms with Crippen LogP contribution in [0.2, 0.25) is 0 Å². The number of aromatic nitrogens is 2. The Kier molecular flexibility index (Phi) is 5.22. The Labute approximate surface area is 191 Å². The molecule has 0 fully saturated rings. The van der Waals surface area contributed by atoms with E-state index in [2.05, 4.69) is 15.2 Å². The zero-order chi connectivity index (χ0) is 23.2. The minimum atomic E-state index is -3.83. The monoisotopic (exact) mass is 467 g/mol. The first-order chi connectivity index (χ1) is 15.9. The lowest BCUT2D eigenvalue weighted by atomic mass is 10.0. The van der Waals surface area contributed by atoms with Gasteiger partial charge >= 0.3 is 0 Å². The van der Waals surface area contributed by atoms with Crippen molar-refractivity contribution in [3.63, 3.8) is 0 Å². The van der Waals surface area contributed by atoms with E-state index >= 15 is 0 Å². The van der Waals surface area contributed by atoms with Crippen LogP contribution in [0.4, 0.5) is 11.5 Å². The number of nitrogens with one attached hydrogen (secondary N) is 1. The van der Waals surface area contributed by atoms with Crippen molar-refractivity contribution in [1.82, 2.24) is 15.1 Å². The van der Waals surface area contributed by atoms with Crippen LogP contribution in [0.15, 0.2) is 64.6 Å². The number of hydrogen-bond acceptors (Lipinski definition) is 8. The summed E-state index contributed by atoms with van der Waals surface area (Å²) in [7, 11) is -2.31. The Morgan fingerprint density at radius 1 is 1.18 bits per heavy atom. The van der Waals surface area contributed by atoms with Crippen LogP contribution in [-0.2, 0) is 16.4 Å². The summed E-state index contributed by atoms with van der Waals surface area (Å²) in [5.41, 5.74) is 15.1. The lowest BCUT2D eigenvalue weighted by molar-refractivity contribution is 0.226. The number of sulfonamides is 1. The van der Waals surface area contributed by atoms with Crippen molar-refractivity contribution >= 4 is 27.5 Å². The first kappa shape index (κ1) is 21.3. The average molecular weight is 468 g/mol. The van der Waals surface area contributed by atoms with E-state index < -0.39 is 16.2 Å². The summed E-state index contributed by atoms with van der Waals surface area (Å²) in [4.78, 5) is 6.44. The minimum Gasteiger partial charge on any atom is -0.497 e. The Bertz CT molecular complexity index is 1320. The fraction of sp³-hybridized carbons (Fsp3) is 0.273. The molecular formula is C22H25N7O3S. The summed E-state index contributed by atoms with van der Waals surface area (Å²) in [6.45, 7) is 0.260. The number of fused-ring (bicyclic) bond motifs is 2. The highest BCUT2D eigenvalue weighted by Crippen LogP contribution is 2.37. The first-order valence-electron chi connectivity index (χ1n) is 10.6. The number of nitrogens with two attached hydrogens (primary N) is 2. The Morgan fingerprint density at radius 3 is 2.82 bits per heavy atom. The van der Waals surface area contributed by atoms with Gasteiger partial charge in [0.25, 0.3) is 10.0 Å². The fourth-order valence-corrected chi connectivity index (χ4v) is 6.07. The number of anilines is 1. The third-order valence-electron chi connectivity index (χ3n) is 6.16. The smallest absolute Gasteiger partial charge is 0.264 e. The van der Waals surface area contributed by atoms with Gasteiger partial charge < -0.3 is 21.1 Å². The predicted molar refractivity (Wildman–Crippen MR) is 125 cm³/mol. The van der Waals surface area contributed by atoms with E-state index in [0.29, 0.717) is 30.1 Å². The first-order valence-corrected chi connectivity index (χ1v) is 12.0. The topological polar surface area (TPSA) is 143 Å². The van der Waals surface area contributed by atoms with Gasteiger partial charge in [-0.15, -0.1) is 0 Å². The molecule has 5 rings (SSSR count). The zero-order valence-electron chi connectivity index (χ0n) is 18.0. The summed E-state index contributed by atoms with van der Waals surface area (Å²) >= 11 is 0. The van der Waals surface area contributed by atoms with Crippen molar-refractivity contribution in [1.29, 1.82) is 0 Å². The van der Waals surface area contributed by atoms with Gasteiger partial charge in [0.2, 0.25) is 0 Å². The van der Waals surface area contributed by atoms with Crippen LogP contribution in [-0.4, -0.2) is 49.2 Å². The molecule has 0 saturated heterocycles. The van der Waals surface area contributed by atoms with Crippen molar-refractivity contribution in [2.75, 3.05) is 18.0 Å². The summed E-state index contributed by atoms with van der Waals surface area (Å²) < 4.78 is 34.1. The molecule has 0 spiro atoms. The molecule has 0 aliphatic carbocycles. The Balaban J connectivity index is 1.52. The molecule has 11 heteroatoms. The molecule has 5 N–H and O–H groups in total. The van der Waals surface area contributed by atoms with Crippen LogP contribution in [0.1, 0.15) is 23.7 Å². The van der Waals surface area contributed by atoms with E-state index in [1.54, 1.807) is 24.4 Å². The number of hydrogen-bond donors (Lipinski definition) is 3. The van der Waals surface area contributed by atoms with Crippen LogP contribution in [0, 0.1) is 0 Å². The van der Waals surface area contributed by atoms with E-state index in [1.165, 1.54) is 17.5 Å². The average Bonchev–Trinajstić information content (AvgIpc) is 3.19. The number of para-hydroxylation sites is 1. The third kappa shape index (κ3) is 3.58. The summed E-state index contributed by atoms with van der Waals surface area (Å²) in [6.07, 6.45) is 2.19. The number of nitrogens with zero attached hydrogens (tertiary/aromatic N) is 4. The normalized spacial score (nSPS) is 20.5. The van der Waals surface area contributed by atoms with Crippen molar-refractivity contribution in [2.24, 2.45) is 16.5 Å². The lowest BCUT2D eigenvalue weighted by Gasteiger charge is -2.38. The molecular weight excluding hydrogens is 442 g/mol. The van der Waals surface area contributed by atoms with E-state index in [9.17, 15) is 8.42 Å². The van der Waals surface area contributed by atoms with Gasteiger partial charge in [-0.2, -0.15) is 10.1 Å². The quantitative estimate of drug-likeness (QED) is 0.531. The molecule has 3 heterocycles. The van der Waals surface area contributed by atoms with Crippen molar-refractivity contribution in [2.45, 2.75) is 29.9 Å². The highest BCUT2D eigenvalue weighted by atomic mass is 32.2. The van der Waals surface area contributed by atoms with Crippen LogP contribution in [0.25, 0.3) is 0 Å². The zero-order valence-corrected chi connectivity index (χ0v) is 18.9. The molecule has 2 aromatic carbocycles. The van der Waals surface area contributed by atoms with Gasteiger partial charge in [-0.1, -0.05) is 24.3 Å². The van der Waals surface area contributed by atoms with Gasteiger partial charge in [0.1, 0.15) is 11.9 Å². The molecule has 0 bridgehead atoms. The van der Waals surface area contributed by atoms with Crippen LogP contribution in [0.5, 0.6) is 5.75 Å². The summed E-state index contributed by atoms with van der Waals surface area (Å²) in [5.74, 6) is 1.31. The molecule has 2 aliphatic rings. The summed E-state index contributed by atoms with van der Waals surface area (Å²) in [5, 5.41) is 6.83. The number of aromatic amines is 1. The molecule has 2 aliphatic heterocycles. The standard InChI is InChI=1S/C22H25N7O3S/c1-32-16-6-4-7-17(12-16)33(30,31)28-10-9-15(11-14-5-2-3-8-19(14)28)29-20(23)18-13-25-27-21(18)26-22(29)24/h2-8,12-13,15,20H,9-11,23H2,1H3,(H3,24,25,26,27). The SMILES string of the molecule is COc1cccc(S(=O)(=O)N2CCC(N3C(N)=Nc4[nH]ncc4C3N)Cc3ccccc32)c1. The summed E-state index contributed by atoms with van der Waals surface area (Å²) in [6, 6.07) is 13.9. The second-order valence-electron chi connectivity index (χ2n) is 8.03. The van der Waals surface area contributed by atoms with E-state index in [4.69, 9.17) is 16.2 Å². The molecule has 0 amide bonds. The second-order valence-corrected chi connectivity index (χ2v) is 9.89. The second kappa shape index (κ2) is 8.09. The van der Waals surface area contributed by atoms with Gasteiger partial charge in [0.05, 0.1) is 29.5 Å². The number of guanidine groups is 1. The molecule has 172 valence electrons. The molecule has 33 heavy (non-hydrogen) atoms. The lowest BCUT2D eigenvalue weighted by Crippen LogP contribution is -2.52.